The van der Waals surface area contributed by atoms with Gasteiger partial charge in [-0.05, 0) is 33.6 Å². The first-order valence-electron chi connectivity index (χ1n) is 6.59. The number of benzene rings is 1. The molecule has 0 aliphatic carbocycles. The van der Waals surface area contributed by atoms with Gasteiger partial charge in [0.1, 0.15) is 5.69 Å². The second-order valence-corrected chi connectivity index (χ2v) is 5.83. The smallest absolute Gasteiger partial charge is 0.274 e. The Labute approximate surface area is 138 Å². The summed E-state index contributed by atoms with van der Waals surface area (Å²) in [6, 6.07) is 9.93. The number of carbonyl (C=O) groups excluding carboxylic acids is 1. The maximum atomic E-state index is 12.8. The van der Waals surface area contributed by atoms with Crippen LogP contribution in [0.3, 0.4) is 0 Å². The minimum Gasteiger partial charge on any atom is -0.345 e. The van der Waals surface area contributed by atoms with E-state index in [2.05, 4.69) is 27.3 Å². The molecule has 1 aliphatic heterocycles. The third-order valence-electron chi connectivity index (χ3n) is 3.55. The Kier molecular flexibility index (Phi) is 5.08. The van der Waals surface area contributed by atoms with E-state index in [1.807, 2.05) is 47.0 Å². The van der Waals surface area contributed by atoms with E-state index in [-0.39, 0.29) is 18.3 Å². The molecule has 1 N–H and O–H groups in total. The van der Waals surface area contributed by atoms with Crippen LogP contribution in [0.2, 0.25) is 0 Å². The number of fused-ring (bicyclic) bond motifs is 1. The molecule has 0 unspecified atom stereocenters. The minimum absolute atomic E-state index is 0. The van der Waals surface area contributed by atoms with Crippen LogP contribution in [0.5, 0.6) is 0 Å². The summed E-state index contributed by atoms with van der Waals surface area (Å²) >= 11 is 3.42. The quantitative estimate of drug-likeness (QED) is 0.838. The van der Waals surface area contributed by atoms with Crippen molar-refractivity contribution >= 4 is 39.9 Å². The summed E-state index contributed by atoms with van der Waals surface area (Å²) in [5.41, 5.74) is 2.85. The number of nitrogens with zero attached hydrogens (tertiary/aromatic N) is 2. The van der Waals surface area contributed by atoms with E-state index >= 15 is 0 Å². The number of aromatic nitrogens is 1. The highest BCUT2D eigenvalue weighted by molar-refractivity contribution is 9.10. The number of rotatable bonds is 1. The van der Waals surface area contributed by atoms with Gasteiger partial charge in [0.05, 0.1) is 0 Å². The van der Waals surface area contributed by atoms with Crippen molar-refractivity contribution in [2.75, 3.05) is 18.0 Å². The lowest BCUT2D eigenvalue weighted by molar-refractivity contribution is 0.0980. The van der Waals surface area contributed by atoms with Gasteiger partial charge in [-0.15, -0.1) is 12.4 Å². The van der Waals surface area contributed by atoms with Crippen molar-refractivity contribution < 1.29 is 4.79 Å². The van der Waals surface area contributed by atoms with Crippen LogP contribution in [0.15, 0.2) is 41.0 Å². The lowest BCUT2D eigenvalue weighted by atomic mass is 10.1. The van der Waals surface area contributed by atoms with Crippen molar-refractivity contribution in [3.8, 4) is 0 Å². The van der Waals surface area contributed by atoms with Crippen LogP contribution in [0.1, 0.15) is 16.1 Å². The summed E-state index contributed by atoms with van der Waals surface area (Å²) < 4.78 is 2.78. The standard InChI is InChI=1S/C15H16BrN3O.ClH/c1-18-10-12(16)8-14(18)15(20)19-7-6-17-9-11-4-2-3-5-13(11)19;/h2-5,8,10,17H,6-7,9H2,1H3;1H. The van der Waals surface area contributed by atoms with Gasteiger partial charge >= 0.3 is 0 Å². The van der Waals surface area contributed by atoms with Crippen molar-refractivity contribution in [3.05, 3.63) is 52.3 Å². The van der Waals surface area contributed by atoms with Crippen LogP contribution in [-0.2, 0) is 13.6 Å². The third kappa shape index (κ3) is 3.15. The van der Waals surface area contributed by atoms with Crippen LogP contribution in [0.4, 0.5) is 5.69 Å². The Morgan fingerprint density at radius 1 is 1.33 bits per heavy atom. The molecule has 2 aromatic rings. The molecule has 21 heavy (non-hydrogen) atoms. The van der Waals surface area contributed by atoms with Gasteiger partial charge in [0.15, 0.2) is 0 Å². The molecular weight excluding hydrogens is 354 g/mol. The summed E-state index contributed by atoms with van der Waals surface area (Å²) in [4.78, 5) is 14.7. The van der Waals surface area contributed by atoms with Crippen molar-refractivity contribution in [1.29, 1.82) is 0 Å². The highest BCUT2D eigenvalue weighted by Crippen LogP contribution is 2.25. The summed E-state index contributed by atoms with van der Waals surface area (Å²) in [5, 5.41) is 3.35. The molecule has 0 bridgehead atoms. The number of amides is 1. The molecule has 0 radical (unpaired) electrons. The lowest BCUT2D eigenvalue weighted by Crippen LogP contribution is -2.35. The van der Waals surface area contributed by atoms with Gasteiger partial charge in [-0.3, -0.25) is 4.79 Å². The predicted octanol–water partition coefficient (Wildman–Crippen LogP) is 2.96. The number of halogens is 2. The fourth-order valence-electron chi connectivity index (χ4n) is 2.54. The normalized spacial score (nSPS) is 14.1. The Hall–Kier alpha value is -1.30. The van der Waals surface area contributed by atoms with Crippen LogP contribution >= 0.6 is 28.3 Å². The minimum atomic E-state index is 0. The molecule has 0 fully saturated rings. The maximum absolute atomic E-state index is 12.8. The second kappa shape index (κ2) is 6.64. The van der Waals surface area contributed by atoms with Crippen molar-refractivity contribution in [2.24, 2.45) is 7.05 Å². The van der Waals surface area contributed by atoms with Crippen molar-refractivity contribution in [1.82, 2.24) is 9.88 Å². The Balaban J connectivity index is 0.00000161. The van der Waals surface area contributed by atoms with Gasteiger partial charge in [-0.2, -0.15) is 0 Å². The number of aryl methyl sites for hydroxylation is 1. The molecule has 1 aromatic carbocycles. The zero-order valence-electron chi connectivity index (χ0n) is 11.7. The molecule has 1 aliphatic rings. The summed E-state index contributed by atoms with van der Waals surface area (Å²) in [5.74, 6) is 0.0364. The molecule has 4 nitrogen and oxygen atoms in total. The summed E-state index contributed by atoms with van der Waals surface area (Å²) in [6.07, 6.45) is 1.90. The van der Waals surface area contributed by atoms with Gasteiger partial charge < -0.3 is 14.8 Å². The molecule has 2 heterocycles. The van der Waals surface area contributed by atoms with E-state index < -0.39 is 0 Å². The maximum Gasteiger partial charge on any atom is 0.274 e. The van der Waals surface area contributed by atoms with E-state index in [1.165, 1.54) is 0 Å². The van der Waals surface area contributed by atoms with Crippen molar-refractivity contribution in [3.63, 3.8) is 0 Å². The van der Waals surface area contributed by atoms with E-state index in [0.29, 0.717) is 12.2 Å². The van der Waals surface area contributed by atoms with E-state index in [4.69, 9.17) is 0 Å². The Bertz CT molecular complexity index is 656. The lowest BCUT2D eigenvalue weighted by Gasteiger charge is -2.22. The fourth-order valence-corrected chi connectivity index (χ4v) is 3.07. The van der Waals surface area contributed by atoms with Gasteiger partial charge in [0.2, 0.25) is 0 Å². The van der Waals surface area contributed by atoms with E-state index in [1.54, 1.807) is 0 Å². The summed E-state index contributed by atoms with van der Waals surface area (Å²) in [7, 11) is 1.89. The number of hydrogen-bond acceptors (Lipinski definition) is 2. The number of hydrogen-bond donors (Lipinski definition) is 1. The van der Waals surface area contributed by atoms with Crippen LogP contribution in [0, 0.1) is 0 Å². The molecule has 0 atom stereocenters. The predicted molar refractivity (Wildman–Crippen MR) is 90.2 cm³/mol. The van der Waals surface area contributed by atoms with E-state index in [9.17, 15) is 4.79 Å². The topological polar surface area (TPSA) is 37.3 Å². The molecular formula is C15H17BrClN3O. The molecule has 6 heteroatoms. The number of nitrogens with one attached hydrogen (secondary N) is 1. The monoisotopic (exact) mass is 369 g/mol. The average molecular weight is 371 g/mol. The van der Waals surface area contributed by atoms with Gasteiger partial charge in [-0.25, -0.2) is 0 Å². The largest absolute Gasteiger partial charge is 0.345 e. The molecule has 1 amide bonds. The highest BCUT2D eigenvalue weighted by atomic mass is 79.9. The number of carbonyl (C=O) groups is 1. The third-order valence-corrected chi connectivity index (χ3v) is 3.98. The Morgan fingerprint density at radius 2 is 2.10 bits per heavy atom. The zero-order chi connectivity index (χ0) is 14.1. The van der Waals surface area contributed by atoms with Gasteiger partial charge in [-0.1, -0.05) is 18.2 Å². The fraction of sp³-hybridized carbons (Fsp3) is 0.267. The first-order chi connectivity index (χ1) is 9.66. The molecule has 3 rings (SSSR count). The first-order valence-corrected chi connectivity index (χ1v) is 7.38. The van der Waals surface area contributed by atoms with Crippen molar-refractivity contribution in [2.45, 2.75) is 6.54 Å². The SMILES string of the molecule is Cl.Cn1cc(Br)cc1C(=O)N1CCNCc2ccccc21. The molecule has 112 valence electrons. The zero-order valence-corrected chi connectivity index (χ0v) is 14.1. The first kappa shape index (κ1) is 16.1. The molecule has 0 saturated carbocycles. The Morgan fingerprint density at radius 3 is 2.81 bits per heavy atom. The molecule has 1 aromatic heterocycles. The molecule has 0 saturated heterocycles. The highest BCUT2D eigenvalue weighted by Gasteiger charge is 2.23. The van der Waals surface area contributed by atoms with Gasteiger partial charge in [0.25, 0.3) is 5.91 Å². The van der Waals surface area contributed by atoms with Gasteiger partial charge in [0, 0.05) is 43.0 Å². The average Bonchev–Trinajstić information content (AvgIpc) is 2.66. The number of anilines is 1. The van der Waals surface area contributed by atoms with E-state index in [0.717, 1.165) is 28.8 Å². The molecule has 0 spiro atoms. The number of para-hydroxylation sites is 1. The van der Waals surface area contributed by atoms with Crippen LogP contribution in [0.25, 0.3) is 0 Å². The van der Waals surface area contributed by atoms with Crippen LogP contribution < -0.4 is 10.2 Å². The second-order valence-electron chi connectivity index (χ2n) is 4.92. The summed E-state index contributed by atoms with van der Waals surface area (Å²) in [6.45, 7) is 2.28. The van der Waals surface area contributed by atoms with Crippen LogP contribution in [-0.4, -0.2) is 23.6 Å².